The Morgan fingerprint density at radius 2 is 1.73 bits per heavy atom. The van der Waals surface area contributed by atoms with Gasteiger partial charge in [0.25, 0.3) is 0 Å². The summed E-state index contributed by atoms with van der Waals surface area (Å²) in [6.07, 6.45) is 2.14. The first kappa shape index (κ1) is 8.54. The molecule has 0 unspecified atom stereocenters. The van der Waals surface area contributed by atoms with Gasteiger partial charge in [-0.05, 0) is 18.1 Å². The summed E-state index contributed by atoms with van der Waals surface area (Å²) in [7, 11) is 0. The van der Waals surface area contributed by atoms with Gasteiger partial charge in [0.15, 0.2) is 0 Å². The molecule has 1 aromatic heterocycles. The average Bonchev–Trinajstić information content (AvgIpc) is 2.67. The van der Waals surface area contributed by atoms with E-state index in [9.17, 15) is 0 Å². The zero-order valence-electron chi connectivity index (χ0n) is 8.62. The molecule has 0 bridgehead atoms. The lowest BCUT2D eigenvalue weighted by Gasteiger charge is -1.97. The summed E-state index contributed by atoms with van der Waals surface area (Å²) in [5, 5.41) is 2.61. The predicted molar refractivity (Wildman–Crippen MR) is 64.9 cm³/mol. The van der Waals surface area contributed by atoms with Crippen LogP contribution in [0.5, 0.6) is 0 Å². The molecule has 15 heavy (non-hydrogen) atoms. The fraction of sp³-hybridized carbons (Fsp3) is 0.0714. The van der Waals surface area contributed by atoms with Crippen molar-refractivity contribution < 1.29 is 0 Å². The Balaban J connectivity index is 2.53. The van der Waals surface area contributed by atoms with Crippen molar-refractivity contribution >= 4 is 21.8 Å². The van der Waals surface area contributed by atoms with Crippen LogP contribution >= 0.6 is 0 Å². The normalized spacial score (nSPS) is 11.3. The first-order chi connectivity index (χ1) is 7.40. The molecule has 1 heteroatoms. The Kier molecular flexibility index (Phi) is 1.78. The van der Waals surface area contributed by atoms with E-state index >= 15 is 0 Å². The van der Waals surface area contributed by atoms with Gasteiger partial charge in [-0.1, -0.05) is 43.3 Å². The molecule has 0 saturated heterocycles. The molecule has 0 aliphatic heterocycles. The third-order valence-electron chi connectivity index (χ3n) is 2.88. The minimum atomic E-state index is 1.21. The van der Waals surface area contributed by atoms with E-state index in [0.29, 0.717) is 0 Å². The molecule has 0 aliphatic carbocycles. The van der Waals surface area contributed by atoms with Crippen LogP contribution in [0.2, 0.25) is 0 Å². The molecule has 0 aliphatic rings. The number of benzene rings is 2. The van der Waals surface area contributed by atoms with Gasteiger partial charge in [0, 0.05) is 21.8 Å². The number of nitrogens with one attached hydrogen (secondary N) is 1. The van der Waals surface area contributed by atoms with Crippen molar-refractivity contribution in [2.45, 2.75) is 6.92 Å². The maximum absolute atomic E-state index is 3.47. The summed E-state index contributed by atoms with van der Waals surface area (Å²) in [4.78, 5) is 3.47. The number of hydrogen-bond donors (Lipinski definition) is 1. The second kappa shape index (κ2) is 3.13. The van der Waals surface area contributed by atoms with Crippen LogP contribution in [-0.2, 0) is 0 Å². The maximum atomic E-state index is 3.47. The fourth-order valence-electron chi connectivity index (χ4n) is 2.14. The number of para-hydroxylation sites is 2. The van der Waals surface area contributed by atoms with Crippen LogP contribution in [-0.4, -0.2) is 4.98 Å². The van der Waals surface area contributed by atoms with Gasteiger partial charge in [0.2, 0.25) is 0 Å². The SMILES string of the molecule is C[CH]c1cccc2c1[nH]c1ccccc12. The van der Waals surface area contributed by atoms with Crippen LogP contribution in [0.25, 0.3) is 21.8 Å². The zero-order chi connectivity index (χ0) is 10.3. The zero-order valence-corrected chi connectivity index (χ0v) is 8.62. The topological polar surface area (TPSA) is 15.8 Å². The van der Waals surface area contributed by atoms with Crippen LogP contribution < -0.4 is 0 Å². The monoisotopic (exact) mass is 194 g/mol. The predicted octanol–water partition coefficient (Wildman–Crippen LogP) is 3.89. The molecule has 0 fully saturated rings. The van der Waals surface area contributed by atoms with E-state index < -0.39 is 0 Å². The highest BCUT2D eigenvalue weighted by Gasteiger charge is 2.05. The number of fused-ring (bicyclic) bond motifs is 3. The summed E-state index contributed by atoms with van der Waals surface area (Å²) in [6, 6.07) is 14.8. The van der Waals surface area contributed by atoms with Gasteiger partial charge < -0.3 is 4.98 Å². The molecule has 73 valence electrons. The summed E-state index contributed by atoms with van der Waals surface area (Å²) in [6.45, 7) is 2.07. The largest absolute Gasteiger partial charge is 0.354 e. The molecule has 1 radical (unpaired) electrons. The Morgan fingerprint density at radius 1 is 0.933 bits per heavy atom. The Hall–Kier alpha value is -1.76. The lowest BCUT2D eigenvalue weighted by Crippen LogP contribution is -1.78. The number of aromatic amines is 1. The molecule has 0 saturated carbocycles. The molecule has 1 nitrogen and oxygen atoms in total. The highest BCUT2D eigenvalue weighted by molar-refractivity contribution is 6.08. The second-order valence-electron chi connectivity index (χ2n) is 3.73. The quantitative estimate of drug-likeness (QED) is 0.604. The van der Waals surface area contributed by atoms with Crippen molar-refractivity contribution in [1.82, 2.24) is 4.98 Å². The molecule has 2 aromatic carbocycles. The first-order valence-corrected chi connectivity index (χ1v) is 5.19. The highest BCUT2D eigenvalue weighted by Crippen LogP contribution is 2.27. The van der Waals surface area contributed by atoms with Gasteiger partial charge in [0.1, 0.15) is 0 Å². The van der Waals surface area contributed by atoms with Gasteiger partial charge in [-0.15, -0.1) is 0 Å². The standard InChI is InChI=1S/C14H12N/c1-2-10-6-5-8-12-11-7-3-4-9-13(11)15-14(10)12/h2-9,15H,1H3. The van der Waals surface area contributed by atoms with Crippen LogP contribution in [0.4, 0.5) is 0 Å². The number of H-pyrrole nitrogens is 1. The van der Waals surface area contributed by atoms with Crippen molar-refractivity contribution in [3.8, 4) is 0 Å². The van der Waals surface area contributed by atoms with E-state index in [1.807, 2.05) is 0 Å². The van der Waals surface area contributed by atoms with Crippen molar-refractivity contribution in [2.75, 3.05) is 0 Å². The third kappa shape index (κ3) is 1.16. The molecule has 3 aromatic rings. The van der Waals surface area contributed by atoms with Crippen LogP contribution in [0.1, 0.15) is 12.5 Å². The van der Waals surface area contributed by atoms with E-state index in [-0.39, 0.29) is 0 Å². The van der Waals surface area contributed by atoms with Gasteiger partial charge in [-0.25, -0.2) is 0 Å². The number of rotatable bonds is 1. The van der Waals surface area contributed by atoms with E-state index in [0.717, 1.165) is 0 Å². The minimum absolute atomic E-state index is 1.21. The summed E-state index contributed by atoms with van der Waals surface area (Å²) < 4.78 is 0. The van der Waals surface area contributed by atoms with Gasteiger partial charge >= 0.3 is 0 Å². The van der Waals surface area contributed by atoms with E-state index in [1.165, 1.54) is 27.4 Å². The number of hydrogen-bond acceptors (Lipinski definition) is 0. The molecular formula is C14H12N. The third-order valence-corrected chi connectivity index (χ3v) is 2.88. The van der Waals surface area contributed by atoms with E-state index in [4.69, 9.17) is 0 Å². The number of aromatic nitrogens is 1. The lowest BCUT2D eigenvalue weighted by atomic mass is 10.1. The summed E-state index contributed by atoms with van der Waals surface area (Å²) in [5.74, 6) is 0. The van der Waals surface area contributed by atoms with Crippen molar-refractivity contribution in [1.29, 1.82) is 0 Å². The maximum Gasteiger partial charge on any atom is 0.0500 e. The van der Waals surface area contributed by atoms with Crippen molar-refractivity contribution in [3.63, 3.8) is 0 Å². The molecule has 1 heterocycles. The minimum Gasteiger partial charge on any atom is -0.354 e. The molecular weight excluding hydrogens is 182 g/mol. The molecule has 0 spiro atoms. The van der Waals surface area contributed by atoms with Crippen molar-refractivity contribution in [3.05, 3.63) is 54.4 Å². The van der Waals surface area contributed by atoms with Crippen LogP contribution in [0, 0.1) is 6.42 Å². The smallest absolute Gasteiger partial charge is 0.0500 e. The lowest BCUT2D eigenvalue weighted by molar-refractivity contribution is 1.42. The Bertz CT molecular complexity index is 619. The first-order valence-electron chi connectivity index (χ1n) is 5.19. The summed E-state index contributed by atoms with van der Waals surface area (Å²) >= 11 is 0. The van der Waals surface area contributed by atoms with Gasteiger partial charge in [-0.2, -0.15) is 0 Å². The highest BCUT2D eigenvalue weighted by atomic mass is 14.7. The van der Waals surface area contributed by atoms with Crippen LogP contribution in [0.15, 0.2) is 42.5 Å². The Morgan fingerprint density at radius 3 is 2.60 bits per heavy atom. The van der Waals surface area contributed by atoms with Gasteiger partial charge in [-0.3, -0.25) is 0 Å². The molecule has 1 N–H and O–H groups in total. The van der Waals surface area contributed by atoms with E-state index in [1.54, 1.807) is 0 Å². The Labute approximate surface area is 88.7 Å². The second-order valence-corrected chi connectivity index (χ2v) is 3.73. The molecule has 0 atom stereocenters. The van der Waals surface area contributed by atoms with Crippen LogP contribution in [0.3, 0.4) is 0 Å². The summed E-state index contributed by atoms with van der Waals surface area (Å²) in [5.41, 5.74) is 3.71. The van der Waals surface area contributed by atoms with E-state index in [2.05, 4.69) is 60.8 Å². The molecule has 3 rings (SSSR count). The average molecular weight is 194 g/mol. The van der Waals surface area contributed by atoms with Gasteiger partial charge in [0.05, 0.1) is 0 Å². The van der Waals surface area contributed by atoms with Crippen molar-refractivity contribution in [2.24, 2.45) is 0 Å². The molecule has 0 amide bonds. The fourth-order valence-corrected chi connectivity index (χ4v) is 2.14.